The maximum Gasteiger partial charge on any atom is 0.513 e. The number of allylic oxidation sites excluding steroid dienone is 2. The first-order chi connectivity index (χ1) is 14.8. The van der Waals surface area contributed by atoms with Crippen molar-refractivity contribution in [1.29, 1.82) is 0 Å². The number of nitrogens with one attached hydrogen (secondary N) is 1. The van der Waals surface area contributed by atoms with Crippen molar-refractivity contribution in [3.8, 4) is 0 Å². The van der Waals surface area contributed by atoms with E-state index >= 15 is 0 Å². The van der Waals surface area contributed by atoms with Gasteiger partial charge < -0.3 is 24.3 Å². The smallest absolute Gasteiger partial charge is 0.437 e. The van der Waals surface area contributed by atoms with Gasteiger partial charge in [0.05, 0.1) is 23.4 Å². The molecule has 10 nitrogen and oxygen atoms in total. The van der Waals surface area contributed by atoms with Gasteiger partial charge >= 0.3 is 12.3 Å². The SMILES string of the molecule is COC(=O)OC1=C(C)NC(C)=C(OC(=O)OC2CCCC2)C1c1ccccc1[N+](=O)[O-]. The van der Waals surface area contributed by atoms with E-state index in [1.807, 2.05) is 0 Å². The van der Waals surface area contributed by atoms with Gasteiger partial charge in [0.15, 0.2) is 0 Å². The summed E-state index contributed by atoms with van der Waals surface area (Å²) in [6, 6.07) is 5.97. The Balaban J connectivity index is 2.02. The number of methoxy groups -OCH3 is 1. The number of nitro benzene ring substituents is 1. The maximum atomic E-state index is 12.5. The predicted octanol–water partition coefficient (Wildman–Crippen LogP) is 4.62. The molecule has 0 spiro atoms. The molecule has 1 N–H and O–H groups in total. The number of para-hydroxylation sites is 1. The maximum absolute atomic E-state index is 12.5. The van der Waals surface area contributed by atoms with Crippen molar-refractivity contribution < 1.29 is 33.5 Å². The Morgan fingerprint density at radius 1 is 1.03 bits per heavy atom. The summed E-state index contributed by atoms with van der Waals surface area (Å²) in [6.07, 6.45) is 1.31. The van der Waals surface area contributed by atoms with Gasteiger partial charge in [-0.3, -0.25) is 10.1 Å². The average Bonchev–Trinajstić information content (AvgIpc) is 3.24. The first-order valence-electron chi connectivity index (χ1n) is 9.88. The van der Waals surface area contributed by atoms with E-state index in [2.05, 4.69) is 10.1 Å². The van der Waals surface area contributed by atoms with E-state index in [4.69, 9.17) is 14.2 Å². The molecular weight excluding hydrogens is 408 g/mol. The summed E-state index contributed by atoms with van der Waals surface area (Å²) in [5.41, 5.74) is 0.824. The van der Waals surface area contributed by atoms with Gasteiger partial charge in [0.2, 0.25) is 0 Å². The lowest BCUT2D eigenvalue weighted by Gasteiger charge is -2.30. The molecule has 31 heavy (non-hydrogen) atoms. The van der Waals surface area contributed by atoms with Gasteiger partial charge in [-0.1, -0.05) is 18.2 Å². The first kappa shape index (κ1) is 22.1. The number of ether oxygens (including phenoxy) is 4. The van der Waals surface area contributed by atoms with Crippen LogP contribution in [-0.2, 0) is 18.9 Å². The van der Waals surface area contributed by atoms with Gasteiger partial charge in [-0.15, -0.1) is 0 Å². The minimum absolute atomic E-state index is 0.0235. The van der Waals surface area contributed by atoms with Crippen LogP contribution in [0.3, 0.4) is 0 Å². The van der Waals surface area contributed by atoms with Crippen LogP contribution in [0.4, 0.5) is 15.3 Å². The van der Waals surface area contributed by atoms with Crippen molar-refractivity contribution in [2.75, 3.05) is 7.11 Å². The van der Waals surface area contributed by atoms with E-state index in [0.29, 0.717) is 11.4 Å². The number of carbonyl (C=O) groups excluding carboxylic acids is 2. The molecule has 0 amide bonds. The number of benzene rings is 1. The Bertz CT molecular complexity index is 946. The number of hydrogen-bond donors (Lipinski definition) is 1. The molecule has 0 bridgehead atoms. The Hall–Kier alpha value is -3.56. The van der Waals surface area contributed by atoms with Crippen molar-refractivity contribution in [2.24, 2.45) is 0 Å². The van der Waals surface area contributed by atoms with E-state index in [1.165, 1.54) is 18.2 Å². The summed E-state index contributed by atoms with van der Waals surface area (Å²) in [6.45, 7) is 3.29. The summed E-state index contributed by atoms with van der Waals surface area (Å²) in [5, 5.41) is 14.6. The number of hydrogen-bond acceptors (Lipinski definition) is 9. The van der Waals surface area contributed by atoms with Gasteiger partial charge in [-0.2, -0.15) is 0 Å². The molecular formula is C21H24N2O8. The third-order valence-corrected chi connectivity index (χ3v) is 5.20. The topological polar surface area (TPSA) is 126 Å². The van der Waals surface area contributed by atoms with Gasteiger partial charge in [-0.25, -0.2) is 9.59 Å². The third kappa shape index (κ3) is 4.96. The molecule has 1 atom stereocenters. The summed E-state index contributed by atoms with van der Waals surface area (Å²) in [5.74, 6) is -0.977. The average molecular weight is 432 g/mol. The zero-order valence-corrected chi connectivity index (χ0v) is 17.5. The Morgan fingerprint density at radius 2 is 1.61 bits per heavy atom. The summed E-state index contributed by atoms with van der Waals surface area (Å²) in [7, 11) is 1.14. The van der Waals surface area contributed by atoms with Crippen LogP contribution in [0.5, 0.6) is 0 Å². The first-order valence-corrected chi connectivity index (χ1v) is 9.88. The van der Waals surface area contributed by atoms with Gasteiger partial charge in [0, 0.05) is 11.6 Å². The number of dihydropyridines is 1. The highest BCUT2D eigenvalue weighted by Crippen LogP contribution is 2.42. The monoisotopic (exact) mass is 432 g/mol. The highest BCUT2D eigenvalue weighted by Gasteiger charge is 2.39. The molecule has 10 heteroatoms. The second kappa shape index (κ2) is 9.50. The molecule has 2 aliphatic rings. The van der Waals surface area contributed by atoms with E-state index in [9.17, 15) is 19.7 Å². The van der Waals surface area contributed by atoms with Gasteiger partial charge in [-0.05, 0) is 39.5 Å². The van der Waals surface area contributed by atoms with Crippen molar-refractivity contribution in [1.82, 2.24) is 5.32 Å². The fraction of sp³-hybridized carbons (Fsp3) is 0.429. The molecule has 1 fully saturated rings. The van der Waals surface area contributed by atoms with Crippen LogP contribution in [0.1, 0.15) is 51.0 Å². The Morgan fingerprint density at radius 3 is 2.19 bits per heavy atom. The molecule has 1 aliphatic carbocycles. The highest BCUT2D eigenvalue weighted by atomic mass is 16.7. The van der Waals surface area contributed by atoms with Crippen LogP contribution in [0, 0.1) is 10.1 Å². The molecule has 3 rings (SSSR count). The standard InChI is InChI=1S/C21H24N2O8/c1-12-18(30-20(24)28-3)17(15-10-6-7-11-16(15)23(26)27)19(13(2)22-12)31-21(25)29-14-8-4-5-9-14/h6-7,10-11,14,17,22H,4-5,8-9H2,1-3H3. The molecule has 1 aromatic carbocycles. The quantitative estimate of drug-likeness (QED) is 0.403. The molecule has 1 saturated carbocycles. The zero-order valence-electron chi connectivity index (χ0n) is 17.5. The molecule has 1 aromatic rings. The van der Waals surface area contributed by atoms with Crippen molar-refractivity contribution in [3.63, 3.8) is 0 Å². The minimum atomic E-state index is -1.04. The van der Waals surface area contributed by atoms with Crippen molar-refractivity contribution >= 4 is 18.0 Å². The molecule has 166 valence electrons. The van der Waals surface area contributed by atoms with Crippen LogP contribution in [0.25, 0.3) is 0 Å². The summed E-state index contributed by atoms with van der Waals surface area (Å²) >= 11 is 0. The van der Waals surface area contributed by atoms with Crippen LogP contribution >= 0.6 is 0 Å². The Labute approximate surface area is 178 Å². The van der Waals surface area contributed by atoms with E-state index in [1.54, 1.807) is 19.9 Å². The molecule has 1 unspecified atom stereocenters. The number of nitrogens with zero attached hydrogens (tertiary/aromatic N) is 1. The fourth-order valence-corrected chi connectivity index (χ4v) is 3.80. The van der Waals surface area contributed by atoms with Crippen LogP contribution in [0.15, 0.2) is 47.2 Å². The van der Waals surface area contributed by atoms with Crippen molar-refractivity contribution in [3.05, 3.63) is 62.9 Å². The molecule has 1 heterocycles. The number of carbonyl (C=O) groups is 2. The van der Waals surface area contributed by atoms with E-state index in [-0.39, 0.29) is 28.9 Å². The van der Waals surface area contributed by atoms with E-state index < -0.39 is 23.2 Å². The summed E-state index contributed by atoms with van der Waals surface area (Å²) < 4.78 is 20.8. The lowest BCUT2D eigenvalue weighted by Crippen LogP contribution is -2.30. The second-order valence-electron chi connectivity index (χ2n) is 7.29. The van der Waals surface area contributed by atoms with Gasteiger partial charge in [0.1, 0.15) is 23.5 Å². The van der Waals surface area contributed by atoms with Gasteiger partial charge in [0.25, 0.3) is 5.69 Å². The molecule has 1 aliphatic heterocycles. The largest absolute Gasteiger partial charge is 0.513 e. The number of nitro groups is 1. The Kier molecular flexibility index (Phi) is 6.78. The fourth-order valence-electron chi connectivity index (χ4n) is 3.80. The van der Waals surface area contributed by atoms with Crippen LogP contribution in [0.2, 0.25) is 0 Å². The predicted molar refractivity (Wildman–Crippen MR) is 108 cm³/mol. The lowest BCUT2D eigenvalue weighted by molar-refractivity contribution is -0.385. The molecule has 0 aromatic heterocycles. The lowest BCUT2D eigenvalue weighted by atomic mass is 9.89. The van der Waals surface area contributed by atoms with Crippen molar-refractivity contribution in [2.45, 2.75) is 51.6 Å². The molecule has 0 radical (unpaired) electrons. The minimum Gasteiger partial charge on any atom is -0.437 e. The van der Waals surface area contributed by atoms with Crippen LogP contribution in [-0.4, -0.2) is 30.4 Å². The van der Waals surface area contributed by atoms with E-state index in [0.717, 1.165) is 32.8 Å². The molecule has 0 saturated heterocycles. The zero-order chi connectivity index (χ0) is 22.5. The number of rotatable bonds is 5. The highest BCUT2D eigenvalue weighted by molar-refractivity contribution is 5.66. The normalized spacial score (nSPS) is 19.0. The summed E-state index contributed by atoms with van der Waals surface area (Å²) in [4.78, 5) is 35.5. The third-order valence-electron chi connectivity index (χ3n) is 5.20. The second-order valence-corrected chi connectivity index (χ2v) is 7.29. The van der Waals surface area contributed by atoms with Crippen LogP contribution < -0.4 is 5.32 Å².